The van der Waals surface area contributed by atoms with Gasteiger partial charge in [-0.25, -0.2) is 0 Å². The van der Waals surface area contributed by atoms with E-state index in [2.05, 4.69) is 188 Å². The minimum atomic E-state index is -0.466. The largest absolute Gasteiger partial charge is 0.398 e. The molecule has 0 bridgehead atoms. The highest BCUT2D eigenvalue weighted by atomic mass is 15.0. The summed E-state index contributed by atoms with van der Waals surface area (Å²) in [7, 11) is 0. The van der Waals surface area contributed by atoms with E-state index < -0.39 is 5.41 Å². The molecule has 0 aliphatic carbocycles. The third-order valence-corrected chi connectivity index (χ3v) is 10.5. The number of benzene rings is 7. The van der Waals surface area contributed by atoms with Gasteiger partial charge >= 0.3 is 0 Å². The fourth-order valence-corrected chi connectivity index (χ4v) is 7.82. The lowest BCUT2D eigenvalue weighted by molar-refractivity contribution is 0.404. The first-order valence-electron chi connectivity index (χ1n) is 17.3. The van der Waals surface area contributed by atoms with E-state index in [1.54, 1.807) is 0 Å². The van der Waals surface area contributed by atoms with Crippen molar-refractivity contribution in [2.75, 3.05) is 0 Å². The molecule has 2 N–H and O–H groups in total. The van der Waals surface area contributed by atoms with Crippen molar-refractivity contribution in [1.82, 2.24) is 4.57 Å². The molecule has 0 aliphatic heterocycles. The van der Waals surface area contributed by atoms with Gasteiger partial charge in [-0.3, -0.25) is 0 Å². The molecule has 1 heterocycles. The molecule has 0 radical (unpaired) electrons. The fourth-order valence-electron chi connectivity index (χ4n) is 7.82. The Hall–Kier alpha value is -5.86. The third kappa shape index (κ3) is 5.21. The summed E-state index contributed by atoms with van der Waals surface area (Å²) in [6.07, 6.45) is 3.30. The number of fused-ring (bicyclic) bond motifs is 5. The molecule has 8 aromatic rings. The molecule has 49 heavy (non-hydrogen) atoms. The van der Waals surface area contributed by atoms with Gasteiger partial charge < -0.3 is 10.3 Å². The van der Waals surface area contributed by atoms with Crippen LogP contribution in [0.3, 0.4) is 0 Å². The zero-order chi connectivity index (χ0) is 33.4. The Morgan fingerprint density at radius 3 is 2.04 bits per heavy atom. The van der Waals surface area contributed by atoms with Gasteiger partial charge in [-0.05, 0) is 74.8 Å². The molecule has 2 heteroatoms. The van der Waals surface area contributed by atoms with Crippen LogP contribution in [0.25, 0.3) is 55.1 Å². The molecular formula is C47H40N2. The molecular weight excluding hydrogens is 593 g/mol. The van der Waals surface area contributed by atoms with E-state index in [9.17, 15) is 0 Å². The molecule has 1 aromatic heterocycles. The lowest BCUT2D eigenvalue weighted by atomic mass is 9.64. The molecule has 0 spiro atoms. The summed E-state index contributed by atoms with van der Waals surface area (Å²) >= 11 is 0. The van der Waals surface area contributed by atoms with Crippen LogP contribution in [0, 0.1) is 5.92 Å². The van der Waals surface area contributed by atoms with Gasteiger partial charge in [0.1, 0.15) is 0 Å². The number of hydrogen-bond donors (Lipinski definition) is 1. The topological polar surface area (TPSA) is 30.9 Å². The maximum Gasteiger partial charge on any atom is 0.0547 e. The summed E-state index contributed by atoms with van der Waals surface area (Å²) in [6, 6.07) is 61.3. The van der Waals surface area contributed by atoms with Crippen molar-refractivity contribution in [2.45, 2.75) is 25.7 Å². The molecule has 2 atom stereocenters. The van der Waals surface area contributed by atoms with E-state index >= 15 is 0 Å². The maximum absolute atomic E-state index is 7.01. The molecule has 0 aliphatic rings. The predicted molar refractivity (Wildman–Crippen MR) is 209 cm³/mol. The Balaban J connectivity index is 1.43. The number of nitrogens with two attached hydrogens (primary N) is 1. The number of nitrogens with zero attached hydrogens (tertiary/aromatic N) is 1. The van der Waals surface area contributed by atoms with Crippen molar-refractivity contribution in [3.05, 3.63) is 193 Å². The standard InChI is InChI=1S/C47H40N2/c1-3-33(2)47(38-21-11-6-12-22-38,32-43(48)36-19-9-5-10-20-36)39-23-15-24-40(31-39)49-44-29-27-35-18-13-14-25-41(35)46(44)42-28-26-37(30-45(42)49)34-16-7-4-8-17-34/h4-33H,3,48H2,1-2H3/b43-32-. The van der Waals surface area contributed by atoms with Crippen LogP contribution >= 0.6 is 0 Å². The number of allylic oxidation sites excluding steroid dienone is 1. The first-order chi connectivity index (χ1) is 24.1. The maximum atomic E-state index is 7.01. The Morgan fingerprint density at radius 2 is 1.29 bits per heavy atom. The Kier molecular flexibility index (Phi) is 7.86. The summed E-state index contributed by atoms with van der Waals surface area (Å²) < 4.78 is 2.46. The predicted octanol–water partition coefficient (Wildman–Crippen LogP) is 11.9. The number of hydrogen-bond acceptors (Lipinski definition) is 1. The van der Waals surface area contributed by atoms with Crippen LogP contribution in [-0.4, -0.2) is 4.57 Å². The van der Waals surface area contributed by atoms with Crippen LogP contribution in [0.5, 0.6) is 0 Å². The van der Waals surface area contributed by atoms with Crippen molar-refractivity contribution in [3.63, 3.8) is 0 Å². The van der Waals surface area contributed by atoms with E-state index in [0.29, 0.717) is 0 Å². The smallest absolute Gasteiger partial charge is 0.0547 e. The minimum absolute atomic E-state index is 0.263. The summed E-state index contributed by atoms with van der Waals surface area (Å²) in [5.41, 5.74) is 16.8. The van der Waals surface area contributed by atoms with E-state index in [1.807, 2.05) is 6.07 Å². The first-order valence-corrected chi connectivity index (χ1v) is 17.3. The van der Waals surface area contributed by atoms with Crippen LogP contribution in [0.15, 0.2) is 176 Å². The Morgan fingerprint density at radius 1 is 0.612 bits per heavy atom. The first kappa shape index (κ1) is 30.5. The summed E-state index contributed by atoms with van der Waals surface area (Å²) in [5.74, 6) is 0.263. The van der Waals surface area contributed by atoms with Crippen molar-refractivity contribution in [2.24, 2.45) is 11.7 Å². The van der Waals surface area contributed by atoms with Crippen molar-refractivity contribution in [3.8, 4) is 16.8 Å². The second-order valence-corrected chi connectivity index (χ2v) is 13.2. The van der Waals surface area contributed by atoms with E-state index in [4.69, 9.17) is 5.73 Å². The van der Waals surface area contributed by atoms with Gasteiger partial charge in [-0.2, -0.15) is 0 Å². The van der Waals surface area contributed by atoms with Gasteiger partial charge in [-0.1, -0.05) is 166 Å². The van der Waals surface area contributed by atoms with Crippen molar-refractivity contribution >= 4 is 38.3 Å². The Labute approximate surface area is 288 Å². The molecule has 2 nitrogen and oxygen atoms in total. The molecule has 7 aromatic carbocycles. The van der Waals surface area contributed by atoms with Crippen LogP contribution in [0.1, 0.15) is 37.0 Å². The summed E-state index contributed by atoms with van der Waals surface area (Å²) in [6.45, 7) is 4.63. The molecule has 0 fully saturated rings. The lowest BCUT2D eigenvalue weighted by Gasteiger charge is -2.39. The highest BCUT2D eigenvalue weighted by Gasteiger charge is 2.38. The quantitative estimate of drug-likeness (QED) is 0.178. The van der Waals surface area contributed by atoms with Crippen LogP contribution in [0.2, 0.25) is 0 Å². The average molecular weight is 633 g/mol. The summed E-state index contributed by atoms with van der Waals surface area (Å²) in [4.78, 5) is 0. The van der Waals surface area contributed by atoms with Crippen LogP contribution < -0.4 is 5.73 Å². The molecule has 0 saturated heterocycles. The van der Waals surface area contributed by atoms with Crippen molar-refractivity contribution < 1.29 is 0 Å². The second kappa shape index (κ2) is 12.6. The third-order valence-electron chi connectivity index (χ3n) is 10.5. The summed E-state index contributed by atoms with van der Waals surface area (Å²) in [5, 5.41) is 5.05. The van der Waals surface area contributed by atoms with Gasteiger partial charge in [0.05, 0.1) is 11.0 Å². The van der Waals surface area contributed by atoms with Crippen LogP contribution in [-0.2, 0) is 5.41 Å². The molecule has 2 unspecified atom stereocenters. The van der Waals surface area contributed by atoms with E-state index in [-0.39, 0.29) is 5.92 Å². The van der Waals surface area contributed by atoms with Gasteiger partial charge in [-0.15, -0.1) is 0 Å². The fraction of sp³-hybridized carbons (Fsp3) is 0.106. The number of aromatic nitrogens is 1. The zero-order valence-electron chi connectivity index (χ0n) is 28.1. The SMILES string of the molecule is CCC(C)C(/C=C(\N)c1ccccc1)(c1ccccc1)c1cccc(-n2c3cc(-c4ccccc4)ccc3c3c4ccccc4ccc32)c1. The van der Waals surface area contributed by atoms with Gasteiger partial charge in [0.25, 0.3) is 0 Å². The van der Waals surface area contributed by atoms with E-state index in [1.165, 1.54) is 54.8 Å². The molecule has 238 valence electrons. The lowest BCUT2D eigenvalue weighted by Crippen LogP contribution is -2.34. The average Bonchev–Trinajstić information content (AvgIpc) is 3.52. The highest BCUT2D eigenvalue weighted by Crippen LogP contribution is 2.45. The molecule has 0 amide bonds. The van der Waals surface area contributed by atoms with Gasteiger partial charge in [0.15, 0.2) is 0 Å². The monoisotopic (exact) mass is 632 g/mol. The Bertz CT molecular complexity index is 2440. The van der Waals surface area contributed by atoms with Gasteiger partial charge in [0, 0.05) is 27.6 Å². The normalized spacial score (nSPS) is 13.9. The van der Waals surface area contributed by atoms with Crippen LogP contribution in [0.4, 0.5) is 0 Å². The zero-order valence-corrected chi connectivity index (χ0v) is 28.1. The second-order valence-electron chi connectivity index (χ2n) is 13.2. The van der Waals surface area contributed by atoms with Gasteiger partial charge in [0.2, 0.25) is 0 Å². The highest BCUT2D eigenvalue weighted by molar-refractivity contribution is 6.21. The molecule has 8 rings (SSSR count). The van der Waals surface area contributed by atoms with E-state index in [0.717, 1.165) is 23.4 Å². The van der Waals surface area contributed by atoms with Crippen molar-refractivity contribution in [1.29, 1.82) is 0 Å². The molecule has 0 saturated carbocycles. The minimum Gasteiger partial charge on any atom is -0.398 e. The number of rotatable bonds is 8.